The molecule has 2 aliphatic rings. The number of nitrogens with two attached hydrogens (primary N) is 1. The second kappa shape index (κ2) is 9.85. The van der Waals surface area contributed by atoms with Gasteiger partial charge in [0.25, 0.3) is 6.43 Å². The van der Waals surface area contributed by atoms with Gasteiger partial charge in [0, 0.05) is 56.1 Å². The molecule has 164 valence electrons. The van der Waals surface area contributed by atoms with E-state index in [2.05, 4.69) is 5.32 Å². The summed E-state index contributed by atoms with van der Waals surface area (Å²) >= 11 is 5.89. The fraction of sp³-hybridized carbons (Fsp3) is 0.524. The van der Waals surface area contributed by atoms with E-state index in [0.717, 1.165) is 37.3 Å². The lowest BCUT2D eigenvalue weighted by Crippen LogP contribution is -2.89. The molecule has 6 nitrogen and oxygen atoms in total. The zero-order valence-electron chi connectivity index (χ0n) is 17.3. The fourth-order valence-electron chi connectivity index (χ4n) is 3.86. The predicted octanol–water partition coefficient (Wildman–Crippen LogP) is 2.94. The van der Waals surface area contributed by atoms with E-state index in [-0.39, 0.29) is 22.3 Å². The summed E-state index contributed by atoms with van der Waals surface area (Å²) in [5.41, 5.74) is 2.00. The number of quaternary nitrogens is 1. The lowest BCUT2D eigenvalue weighted by atomic mass is 10.0. The molecule has 0 atom stereocenters. The van der Waals surface area contributed by atoms with Crippen LogP contribution in [0, 0.1) is 5.41 Å². The molecule has 0 spiro atoms. The average Bonchev–Trinajstić information content (AvgIpc) is 2.73. The van der Waals surface area contributed by atoms with Crippen LogP contribution in [-0.4, -0.2) is 56.0 Å². The number of nitrogens with zero attached hydrogens (tertiary/aromatic N) is 2. The van der Waals surface area contributed by atoms with Crippen LogP contribution in [-0.2, 0) is 9.53 Å². The zero-order valence-corrected chi connectivity index (χ0v) is 18.0. The largest absolute Gasteiger partial charge is 0.381 e. The number of rotatable bonds is 5. The van der Waals surface area contributed by atoms with Gasteiger partial charge in [-0.25, -0.2) is 8.78 Å². The van der Waals surface area contributed by atoms with Gasteiger partial charge in [-0.15, -0.1) is 0 Å². The first-order valence-electron chi connectivity index (χ1n) is 10.1. The average molecular weight is 442 g/mol. The quantitative estimate of drug-likeness (QED) is 0.545. The van der Waals surface area contributed by atoms with E-state index in [1.165, 1.54) is 19.1 Å². The zero-order chi connectivity index (χ0) is 21.8. The van der Waals surface area contributed by atoms with Crippen molar-refractivity contribution in [3.63, 3.8) is 0 Å². The van der Waals surface area contributed by atoms with Crippen molar-refractivity contribution in [2.24, 2.45) is 0 Å². The Balaban J connectivity index is 1.89. The standard InChI is InChI=1S/C21H27ClF2N4O2/c1-13(29)28-8-5-19(26-14-6-9-30-10-7-14)17(12-28)21(25)27(2)15-3-4-18(22)16(11-15)20(23)24/h3-4,11,14,20,25-26H,5-10,12H2,1-2H3/p+1. The van der Waals surface area contributed by atoms with Crippen LogP contribution in [0.3, 0.4) is 0 Å². The summed E-state index contributed by atoms with van der Waals surface area (Å²) in [6.07, 6.45) is -0.151. The highest BCUT2D eigenvalue weighted by atomic mass is 35.5. The van der Waals surface area contributed by atoms with Crippen molar-refractivity contribution in [1.82, 2.24) is 4.90 Å². The summed E-state index contributed by atoms with van der Waals surface area (Å²) in [5.74, 6) is 0.154. The Morgan fingerprint density at radius 2 is 2.07 bits per heavy atom. The van der Waals surface area contributed by atoms with Gasteiger partial charge in [0.15, 0.2) is 0 Å². The molecule has 0 unspecified atom stereocenters. The lowest BCUT2D eigenvalue weighted by Gasteiger charge is -2.33. The molecule has 0 aliphatic carbocycles. The lowest BCUT2D eigenvalue weighted by molar-refractivity contribution is -0.651. The van der Waals surface area contributed by atoms with Gasteiger partial charge < -0.3 is 19.9 Å². The number of likely N-dealkylation sites (N-methyl/N-ethyl adjacent to an activating group) is 1. The second-order valence-electron chi connectivity index (χ2n) is 7.72. The van der Waals surface area contributed by atoms with Crippen LogP contribution in [0.25, 0.3) is 0 Å². The van der Waals surface area contributed by atoms with Crippen LogP contribution >= 0.6 is 11.6 Å². The molecule has 1 fully saturated rings. The van der Waals surface area contributed by atoms with Gasteiger partial charge in [0.2, 0.25) is 5.91 Å². The Labute approximate surface area is 180 Å². The third-order valence-corrected chi connectivity index (χ3v) is 6.10. The van der Waals surface area contributed by atoms with Gasteiger partial charge in [-0.3, -0.25) is 10.2 Å². The minimum absolute atomic E-state index is 0.00172. The number of carbonyl (C=O) groups excluding carboxylic acids is 1. The summed E-state index contributed by atoms with van der Waals surface area (Å²) in [4.78, 5) is 15.2. The molecule has 0 aromatic heterocycles. The predicted molar refractivity (Wildman–Crippen MR) is 112 cm³/mol. The maximum Gasteiger partial charge on any atom is 0.265 e. The van der Waals surface area contributed by atoms with Crippen molar-refractivity contribution in [3.8, 4) is 0 Å². The minimum atomic E-state index is -2.69. The van der Waals surface area contributed by atoms with E-state index in [1.807, 2.05) is 0 Å². The van der Waals surface area contributed by atoms with Crippen LogP contribution in [0.5, 0.6) is 0 Å². The Morgan fingerprint density at radius 3 is 2.70 bits per heavy atom. The number of halogens is 3. The molecule has 3 N–H and O–H groups in total. The van der Waals surface area contributed by atoms with Crippen molar-refractivity contribution < 1.29 is 23.6 Å². The highest BCUT2D eigenvalue weighted by Gasteiger charge is 2.30. The number of amidine groups is 1. The van der Waals surface area contributed by atoms with Crippen molar-refractivity contribution >= 4 is 29.0 Å². The number of carbonyl (C=O) groups is 1. The molecule has 1 amide bonds. The van der Waals surface area contributed by atoms with Crippen molar-refractivity contribution in [1.29, 1.82) is 5.41 Å². The maximum absolute atomic E-state index is 13.3. The Bertz CT molecular complexity index is 840. The van der Waals surface area contributed by atoms with Gasteiger partial charge in [0.05, 0.1) is 31.4 Å². The van der Waals surface area contributed by atoms with Gasteiger partial charge in [-0.1, -0.05) is 11.6 Å². The smallest absolute Gasteiger partial charge is 0.265 e. The van der Waals surface area contributed by atoms with E-state index in [4.69, 9.17) is 21.7 Å². The number of benzene rings is 1. The van der Waals surface area contributed by atoms with Crippen LogP contribution in [0.1, 0.15) is 38.2 Å². The number of nitrogens with one attached hydrogen (secondary N) is 1. The normalized spacial score (nSPS) is 18.1. The highest BCUT2D eigenvalue weighted by Crippen LogP contribution is 2.31. The Kier molecular flexibility index (Phi) is 7.44. The summed E-state index contributed by atoms with van der Waals surface area (Å²) < 4.78 is 32.0. The van der Waals surface area contributed by atoms with Crippen LogP contribution in [0.15, 0.2) is 29.5 Å². The van der Waals surface area contributed by atoms with E-state index >= 15 is 0 Å². The van der Waals surface area contributed by atoms with E-state index in [9.17, 15) is 13.6 Å². The first kappa shape index (κ1) is 22.7. The molecule has 1 aromatic rings. The summed E-state index contributed by atoms with van der Waals surface area (Å²) in [6, 6.07) is 4.74. The molecule has 3 rings (SSSR count). The summed E-state index contributed by atoms with van der Waals surface area (Å²) in [6.45, 7) is 3.92. The van der Waals surface area contributed by atoms with Crippen molar-refractivity contribution in [2.75, 3.05) is 38.3 Å². The monoisotopic (exact) mass is 441 g/mol. The Hall–Kier alpha value is -2.03. The number of alkyl halides is 2. The molecule has 30 heavy (non-hydrogen) atoms. The molecule has 9 heteroatoms. The number of hydrogen-bond donors (Lipinski definition) is 2. The molecular weight excluding hydrogens is 414 g/mol. The SMILES string of the molecule is CC(=O)N1CCC([NH2+]C2CCOCC2)=C(C(=N)N(C)c2ccc(Cl)c(C(F)F)c2)C1. The van der Waals surface area contributed by atoms with Gasteiger partial charge in [-0.2, -0.15) is 0 Å². The van der Waals surface area contributed by atoms with Crippen molar-refractivity contribution in [2.45, 2.75) is 38.7 Å². The van der Waals surface area contributed by atoms with Gasteiger partial charge >= 0.3 is 0 Å². The summed E-state index contributed by atoms with van der Waals surface area (Å²) in [5, 5.41) is 11.0. The van der Waals surface area contributed by atoms with Crippen molar-refractivity contribution in [3.05, 3.63) is 40.1 Å². The highest BCUT2D eigenvalue weighted by molar-refractivity contribution is 6.31. The number of hydrogen-bond acceptors (Lipinski definition) is 3. The van der Waals surface area contributed by atoms with Crippen LogP contribution in [0.4, 0.5) is 14.5 Å². The number of amides is 1. The van der Waals surface area contributed by atoms with E-state index in [0.29, 0.717) is 31.2 Å². The second-order valence-corrected chi connectivity index (χ2v) is 8.13. The number of ether oxygens (including phenoxy) is 1. The molecule has 2 aliphatic heterocycles. The van der Waals surface area contributed by atoms with E-state index < -0.39 is 6.43 Å². The molecule has 0 saturated carbocycles. The molecule has 1 aromatic carbocycles. The molecule has 0 radical (unpaired) electrons. The third-order valence-electron chi connectivity index (χ3n) is 5.76. The van der Waals surface area contributed by atoms with Gasteiger partial charge in [0.1, 0.15) is 11.5 Å². The number of anilines is 1. The first-order chi connectivity index (χ1) is 14.3. The van der Waals surface area contributed by atoms with Gasteiger partial charge in [-0.05, 0) is 18.2 Å². The minimum Gasteiger partial charge on any atom is -0.381 e. The third kappa shape index (κ3) is 5.17. The maximum atomic E-state index is 13.3. The molecule has 1 saturated heterocycles. The van der Waals surface area contributed by atoms with Crippen LogP contribution < -0.4 is 10.2 Å². The molecular formula is C21H28ClF2N4O2+. The first-order valence-corrected chi connectivity index (χ1v) is 10.5. The topological polar surface area (TPSA) is 73.2 Å². The van der Waals surface area contributed by atoms with E-state index in [1.54, 1.807) is 22.9 Å². The fourth-order valence-corrected chi connectivity index (χ4v) is 4.06. The molecule has 0 bridgehead atoms. The van der Waals surface area contributed by atoms with Crippen LogP contribution in [0.2, 0.25) is 5.02 Å². The summed E-state index contributed by atoms with van der Waals surface area (Å²) in [7, 11) is 1.67. The Morgan fingerprint density at radius 1 is 1.37 bits per heavy atom. The molecule has 2 heterocycles.